The summed E-state index contributed by atoms with van der Waals surface area (Å²) in [6.07, 6.45) is 0. The average Bonchev–Trinajstić information content (AvgIpc) is 2.15. The van der Waals surface area contributed by atoms with E-state index in [0.717, 1.165) is 5.56 Å². The summed E-state index contributed by atoms with van der Waals surface area (Å²) in [7, 11) is 0. The second kappa shape index (κ2) is 2.08. The Morgan fingerprint density at radius 3 is 2.67 bits per heavy atom. The van der Waals surface area contributed by atoms with E-state index < -0.39 is 0 Å². The summed E-state index contributed by atoms with van der Waals surface area (Å²) in [5.41, 5.74) is 7.13. The van der Waals surface area contributed by atoms with E-state index in [1.54, 1.807) is 0 Å². The summed E-state index contributed by atoms with van der Waals surface area (Å²) >= 11 is 1.39. The Labute approximate surface area is 57.5 Å². The fourth-order valence-corrected chi connectivity index (χ4v) is 1.30. The van der Waals surface area contributed by atoms with Crippen molar-refractivity contribution in [1.82, 2.24) is 0 Å². The van der Waals surface area contributed by atoms with Gasteiger partial charge in [0.1, 0.15) is 10.9 Å². The quantitative estimate of drug-likeness (QED) is 0.590. The van der Waals surface area contributed by atoms with Gasteiger partial charge in [0.05, 0.1) is 5.69 Å². The first-order valence-corrected chi connectivity index (χ1v) is 3.37. The van der Waals surface area contributed by atoms with E-state index in [2.05, 4.69) is 0 Å². The predicted octanol–water partition coefficient (Wildman–Crippen LogP) is 1.51. The number of nitrogens with two attached hydrogens (primary N) is 1. The lowest BCUT2D eigenvalue weighted by atomic mass is 10.3. The van der Waals surface area contributed by atoms with Crippen LogP contribution in [0.2, 0.25) is 0 Å². The molecule has 2 N–H and O–H groups in total. The smallest absolute Gasteiger partial charge is 0.128 e. The number of thiophene rings is 1. The Morgan fingerprint density at radius 2 is 2.44 bits per heavy atom. The molecule has 3 heteroatoms. The van der Waals surface area contributed by atoms with E-state index in [4.69, 9.17) is 11.0 Å². The maximum absolute atomic E-state index is 8.41. The van der Waals surface area contributed by atoms with Gasteiger partial charge in [-0.15, -0.1) is 11.3 Å². The molecule has 0 atom stereocenters. The van der Waals surface area contributed by atoms with Crippen LogP contribution in [-0.2, 0) is 0 Å². The van der Waals surface area contributed by atoms with E-state index >= 15 is 0 Å². The van der Waals surface area contributed by atoms with Gasteiger partial charge in [-0.1, -0.05) is 0 Å². The Balaban J connectivity index is 3.24. The molecule has 1 heterocycles. The van der Waals surface area contributed by atoms with Gasteiger partial charge in [0.15, 0.2) is 0 Å². The minimum absolute atomic E-state index is 0.618. The summed E-state index contributed by atoms with van der Waals surface area (Å²) in [6, 6.07) is 2.01. The van der Waals surface area contributed by atoms with Crippen LogP contribution >= 0.6 is 11.3 Å². The zero-order valence-electron chi connectivity index (χ0n) is 5.01. The molecule has 1 aromatic rings. The SMILES string of the molecule is Cc1csc(C#N)c1N. The Bertz CT molecular complexity index is 257. The van der Waals surface area contributed by atoms with Crippen LogP contribution in [0.1, 0.15) is 10.4 Å². The molecule has 0 amide bonds. The van der Waals surface area contributed by atoms with Crippen LogP contribution in [-0.4, -0.2) is 0 Å². The van der Waals surface area contributed by atoms with Crippen molar-refractivity contribution >= 4 is 17.0 Å². The molecule has 1 rings (SSSR count). The van der Waals surface area contributed by atoms with Crippen LogP contribution in [0.3, 0.4) is 0 Å². The number of rotatable bonds is 0. The third-order valence-corrected chi connectivity index (χ3v) is 2.14. The molecule has 0 aliphatic carbocycles. The number of hydrogen-bond acceptors (Lipinski definition) is 3. The molecular weight excluding hydrogens is 132 g/mol. The van der Waals surface area contributed by atoms with Gasteiger partial charge in [0, 0.05) is 0 Å². The third kappa shape index (κ3) is 0.889. The average molecular weight is 138 g/mol. The summed E-state index contributed by atoms with van der Waals surface area (Å²) in [4.78, 5) is 0.618. The van der Waals surface area contributed by atoms with E-state index in [1.165, 1.54) is 11.3 Å². The molecule has 46 valence electrons. The number of nitrogen functional groups attached to an aromatic ring is 1. The van der Waals surface area contributed by atoms with Crippen LogP contribution in [0.4, 0.5) is 5.69 Å². The molecule has 0 aliphatic heterocycles. The molecule has 0 bridgehead atoms. The highest BCUT2D eigenvalue weighted by Gasteiger charge is 2.01. The molecule has 0 fully saturated rings. The fourth-order valence-electron chi connectivity index (χ4n) is 0.540. The highest BCUT2D eigenvalue weighted by molar-refractivity contribution is 7.11. The van der Waals surface area contributed by atoms with Gasteiger partial charge < -0.3 is 5.73 Å². The standard InChI is InChI=1S/C6H6N2S/c1-4-3-9-5(2-7)6(4)8/h3H,8H2,1H3. The predicted molar refractivity (Wildman–Crippen MR) is 38.2 cm³/mol. The summed E-state index contributed by atoms with van der Waals surface area (Å²) < 4.78 is 0. The first kappa shape index (κ1) is 6.12. The van der Waals surface area contributed by atoms with Crippen molar-refractivity contribution in [3.05, 3.63) is 15.8 Å². The molecule has 0 aliphatic rings. The monoisotopic (exact) mass is 138 g/mol. The molecule has 2 nitrogen and oxygen atoms in total. The van der Waals surface area contributed by atoms with Crippen molar-refractivity contribution in [2.75, 3.05) is 5.73 Å². The maximum Gasteiger partial charge on any atom is 0.128 e. The lowest BCUT2D eigenvalue weighted by Crippen LogP contribution is -1.85. The molecule has 0 unspecified atom stereocenters. The molecule has 0 saturated heterocycles. The number of anilines is 1. The van der Waals surface area contributed by atoms with E-state index in [1.807, 2.05) is 18.4 Å². The summed E-state index contributed by atoms with van der Waals surface area (Å²) in [6.45, 7) is 1.90. The van der Waals surface area contributed by atoms with E-state index in [0.29, 0.717) is 10.6 Å². The second-order valence-corrected chi connectivity index (χ2v) is 2.65. The topological polar surface area (TPSA) is 49.8 Å². The molecule has 0 spiro atoms. The van der Waals surface area contributed by atoms with E-state index in [9.17, 15) is 0 Å². The number of aryl methyl sites for hydroxylation is 1. The van der Waals surface area contributed by atoms with Gasteiger partial charge in [-0.05, 0) is 17.9 Å². The van der Waals surface area contributed by atoms with Gasteiger partial charge in [0.2, 0.25) is 0 Å². The van der Waals surface area contributed by atoms with Crippen LogP contribution in [0.15, 0.2) is 5.38 Å². The maximum atomic E-state index is 8.41. The molecule has 1 aromatic heterocycles. The van der Waals surface area contributed by atoms with Crippen molar-refractivity contribution in [3.8, 4) is 6.07 Å². The second-order valence-electron chi connectivity index (χ2n) is 1.77. The van der Waals surface area contributed by atoms with Crippen LogP contribution < -0.4 is 5.73 Å². The molecule has 9 heavy (non-hydrogen) atoms. The van der Waals surface area contributed by atoms with Gasteiger partial charge in [-0.3, -0.25) is 0 Å². The minimum atomic E-state index is 0.618. The Morgan fingerprint density at radius 1 is 1.78 bits per heavy atom. The summed E-state index contributed by atoms with van der Waals surface area (Å²) in [5, 5.41) is 10.3. The molecule has 0 saturated carbocycles. The van der Waals surface area contributed by atoms with Gasteiger partial charge >= 0.3 is 0 Å². The Kier molecular flexibility index (Phi) is 1.41. The van der Waals surface area contributed by atoms with Gasteiger partial charge in [-0.2, -0.15) is 5.26 Å². The van der Waals surface area contributed by atoms with Crippen LogP contribution in [0.5, 0.6) is 0 Å². The first-order chi connectivity index (χ1) is 4.25. The lowest BCUT2D eigenvalue weighted by molar-refractivity contribution is 1.50. The zero-order chi connectivity index (χ0) is 6.85. The zero-order valence-corrected chi connectivity index (χ0v) is 5.83. The minimum Gasteiger partial charge on any atom is -0.397 e. The molecule has 0 aromatic carbocycles. The third-order valence-electron chi connectivity index (χ3n) is 1.12. The molecule has 0 radical (unpaired) electrons. The van der Waals surface area contributed by atoms with Crippen LogP contribution in [0, 0.1) is 18.3 Å². The van der Waals surface area contributed by atoms with Crippen molar-refractivity contribution in [3.63, 3.8) is 0 Å². The molecular formula is C6H6N2S. The Hall–Kier alpha value is -1.01. The normalized spacial score (nSPS) is 8.89. The van der Waals surface area contributed by atoms with Crippen molar-refractivity contribution in [2.45, 2.75) is 6.92 Å². The van der Waals surface area contributed by atoms with Gasteiger partial charge in [0.25, 0.3) is 0 Å². The van der Waals surface area contributed by atoms with Gasteiger partial charge in [-0.25, -0.2) is 0 Å². The van der Waals surface area contributed by atoms with Crippen LogP contribution in [0.25, 0.3) is 0 Å². The number of nitriles is 1. The first-order valence-electron chi connectivity index (χ1n) is 2.49. The fraction of sp³-hybridized carbons (Fsp3) is 0.167. The summed E-state index contributed by atoms with van der Waals surface area (Å²) in [5.74, 6) is 0. The van der Waals surface area contributed by atoms with Crippen molar-refractivity contribution < 1.29 is 0 Å². The highest BCUT2D eigenvalue weighted by Crippen LogP contribution is 2.22. The highest BCUT2D eigenvalue weighted by atomic mass is 32.1. The number of nitrogens with zero attached hydrogens (tertiary/aromatic N) is 1. The van der Waals surface area contributed by atoms with Crippen molar-refractivity contribution in [2.24, 2.45) is 0 Å². The lowest BCUT2D eigenvalue weighted by Gasteiger charge is -1.85. The largest absolute Gasteiger partial charge is 0.397 e. The number of hydrogen-bond donors (Lipinski definition) is 1. The van der Waals surface area contributed by atoms with Crippen molar-refractivity contribution in [1.29, 1.82) is 5.26 Å². The van der Waals surface area contributed by atoms with E-state index in [-0.39, 0.29) is 0 Å².